The molecule has 0 aromatic heterocycles. The summed E-state index contributed by atoms with van der Waals surface area (Å²) in [4.78, 5) is 7.21. The first-order chi connectivity index (χ1) is 7.79. The van der Waals surface area contributed by atoms with Crippen molar-refractivity contribution >= 4 is 5.96 Å². The fourth-order valence-electron chi connectivity index (χ4n) is 2.32. The summed E-state index contributed by atoms with van der Waals surface area (Å²) in [7, 11) is 0. The van der Waals surface area contributed by atoms with Crippen molar-refractivity contribution in [1.82, 2.24) is 10.2 Å². The zero-order chi connectivity index (χ0) is 11.4. The second-order valence-electron chi connectivity index (χ2n) is 5.33. The summed E-state index contributed by atoms with van der Waals surface area (Å²) in [5.74, 6) is 2.86. The van der Waals surface area contributed by atoms with Gasteiger partial charge in [-0.3, -0.25) is 4.99 Å². The van der Waals surface area contributed by atoms with Gasteiger partial charge in [0.1, 0.15) is 0 Å². The van der Waals surface area contributed by atoms with Gasteiger partial charge in [0.25, 0.3) is 0 Å². The number of rotatable bonds is 3. The largest absolute Gasteiger partial charge is 0.357 e. The van der Waals surface area contributed by atoms with Crippen LogP contribution in [0.3, 0.4) is 0 Å². The molecule has 0 aromatic rings. The van der Waals surface area contributed by atoms with E-state index in [9.17, 15) is 0 Å². The van der Waals surface area contributed by atoms with Crippen LogP contribution >= 0.6 is 0 Å². The standard InChI is InChI=1S/C13H25N3/c1-3-14-13(15-9-12-6-7-12)16-8-4-5-11(2)10-16/h11-12H,3-10H2,1-2H3,(H,14,15). The Morgan fingerprint density at radius 1 is 1.38 bits per heavy atom. The van der Waals surface area contributed by atoms with Crippen molar-refractivity contribution in [2.75, 3.05) is 26.2 Å². The Morgan fingerprint density at radius 2 is 2.19 bits per heavy atom. The molecule has 2 aliphatic rings. The normalized spacial score (nSPS) is 27.0. The molecule has 0 radical (unpaired) electrons. The molecule has 1 saturated carbocycles. The van der Waals surface area contributed by atoms with Gasteiger partial charge in [0, 0.05) is 26.2 Å². The van der Waals surface area contributed by atoms with Gasteiger partial charge in [-0.25, -0.2) is 0 Å². The van der Waals surface area contributed by atoms with Gasteiger partial charge in [-0.2, -0.15) is 0 Å². The lowest BCUT2D eigenvalue weighted by atomic mass is 10.0. The Morgan fingerprint density at radius 3 is 2.81 bits per heavy atom. The van der Waals surface area contributed by atoms with Gasteiger partial charge in [-0.15, -0.1) is 0 Å². The third-order valence-corrected chi connectivity index (χ3v) is 3.49. The number of nitrogens with zero attached hydrogens (tertiary/aromatic N) is 2. The zero-order valence-electron chi connectivity index (χ0n) is 10.7. The summed E-state index contributed by atoms with van der Waals surface area (Å²) in [5.41, 5.74) is 0. The quantitative estimate of drug-likeness (QED) is 0.586. The summed E-state index contributed by atoms with van der Waals surface area (Å²) in [6, 6.07) is 0. The number of hydrogen-bond acceptors (Lipinski definition) is 1. The van der Waals surface area contributed by atoms with E-state index in [1.54, 1.807) is 0 Å². The van der Waals surface area contributed by atoms with Crippen LogP contribution in [0.4, 0.5) is 0 Å². The molecule has 1 atom stereocenters. The Hall–Kier alpha value is -0.730. The molecule has 3 heteroatoms. The molecule has 1 aliphatic carbocycles. The predicted molar refractivity (Wildman–Crippen MR) is 68.7 cm³/mol. The molecule has 16 heavy (non-hydrogen) atoms. The topological polar surface area (TPSA) is 27.6 Å². The molecule has 92 valence electrons. The van der Waals surface area contributed by atoms with E-state index in [1.165, 1.54) is 38.8 Å². The highest BCUT2D eigenvalue weighted by Gasteiger charge is 2.23. The van der Waals surface area contributed by atoms with E-state index < -0.39 is 0 Å². The van der Waals surface area contributed by atoms with E-state index in [-0.39, 0.29) is 0 Å². The van der Waals surface area contributed by atoms with Gasteiger partial charge in [0.2, 0.25) is 0 Å². The first-order valence-electron chi connectivity index (χ1n) is 6.83. The van der Waals surface area contributed by atoms with Gasteiger partial charge < -0.3 is 10.2 Å². The molecular weight excluding hydrogens is 198 g/mol. The third kappa shape index (κ3) is 3.39. The molecular formula is C13H25N3. The second-order valence-corrected chi connectivity index (χ2v) is 5.33. The van der Waals surface area contributed by atoms with E-state index in [0.29, 0.717) is 0 Å². The van der Waals surface area contributed by atoms with Gasteiger partial charge in [-0.05, 0) is 44.4 Å². The average molecular weight is 223 g/mol. The Labute approximate surface area is 99.3 Å². The lowest BCUT2D eigenvalue weighted by Crippen LogP contribution is -2.46. The lowest BCUT2D eigenvalue weighted by Gasteiger charge is -2.33. The van der Waals surface area contributed by atoms with Crippen molar-refractivity contribution < 1.29 is 0 Å². The summed E-state index contributed by atoms with van der Waals surface area (Å²) in [6.07, 6.45) is 5.46. The first-order valence-corrected chi connectivity index (χ1v) is 6.83. The van der Waals surface area contributed by atoms with E-state index >= 15 is 0 Å². The fraction of sp³-hybridized carbons (Fsp3) is 0.923. The van der Waals surface area contributed by atoms with Crippen LogP contribution in [0.15, 0.2) is 4.99 Å². The van der Waals surface area contributed by atoms with Gasteiger partial charge in [-0.1, -0.05) is 6.92 Å². The van der Waals surface area contributed by atoms with E-state index in [2.05, 4.69) is 24.1 Å². The molecule has 2 rings (SSSR count). The maximum absolute atomic E-state index is 4.77. The highest BCUT2D eigenvalue weighted by molar-refractivity contribution is 5.80. The Balaban J connectivity index is 1.90. The van der Waals surface area contributed by atoms with Crippen LogP contribution in [-0.2, 0) is 0 Å². The predicted octanol–water partition coefficient (Wildman–Crippen LogP) is 2.09. The van der Waals surface area contributed by atoms with Crippen molar-refractivity contribution in [2.24, 2.45) is 16.8 Å². The molecule has 1 saturated heterocycles. The molecule has 1 unspecified atom stereocenters. The number of aliphatic imine (C=N–C) groups is 1. The number of guanidine groups is 1. The monoisotopic (exact) mass is 223 g/mol. The van der Waals surface area contributed by atoms with E-state index in [0.717, 1.165) is 30.9 Å². The summed E-state index contributed by atoms with van der Waals surface area (Å²) >= 11 is 0. The van der Waals surface area contributed by atoms with Crippen molar-refractivity contribution in [3.05, 3.63) is 0 Å². The zero-order valence-corrected chi connectivity index (χ0v) is 10.7. The molecule has 0 aromatic carbocycles. The molecule has 0 spiro atoms. The summed E-state index contributed by atoms with van der Waals surface area (Å²) in [5, 5.41) is 3.43. The summed E-state index contributed by atoms with van der Waals surface area (Å²) in [6.45, 7) is 8.87. The smallest absolute Gasteiger partial charge is 0.193 e. The van der Waals surface area contributed by atoms with E-state index in [1.807, 2.05) is 0 Å². The maximum Gasteiger partial charge on any atom is 0.193 e. The second kappa shape index (κ2) is 5.55. The fourth-order valence-corrected chi connectivity index (χ4v) is 2.32. The third-order valence-electron chi connectivity index (χ3n) is 3.49. The number of hydrogen-bond donors (Lipinski definition) is 1. The van der Waals surface area contributed by atoms with Crippen molar-refractivity contribution in [2.45, 2.75) is 39.5 Å². The van der Waals surface area contributed by atoms with Crippen LogP contribution in [0.1, 0.15) is 39.5 Å². The van der Waals surface area contributed by atoms with Gasteiger partial charge >= 0.3 is 0 Å². The lowest BCUT2D eigenvalue weighted by molar-refractivity contribution is 0.266. The van der Waals surface area contributed by atoms with Crippen LogP contribution in [0.5, 0.6) is 0 Å². The van der Waals surface area contributed by atoms with Crippen molar-refractivity contribution in [3.63, 3.8) is 0 Å². The van der Waals surface area contributed by atoms with Gasteiger partial charge in [0.15, 0.2) is 5.96 Å². The molecule has 1 aliphatic heterocycles. The maximum atomic E-state index is 4.77. The minimum atomic E-state index is 0.818. The molecule has 1 heterocycles. The van der Waals surface area contributed by atoms with Crippen LogP contribution in [0, 0.1) is 11.8 Å². The van der Waals surface area contributed by atoms with Crippen LogP contribution in [0.2, 0.25) is 0 Å². The Bertz CT molecular complexity index is 246. The number of likely N-dealkylation sites (tertiary alicyclic amines) is 1. The number of piperidine rings is 1. The summed E-state index contributed by atoms with van der Waals surface area (Å²) < 4.78 is 0. The first kappa shape index (κ1) is 11.7. The van der Waals surface area contributed by atoms with Crippen molar-refractivity contribution in [3.8, 4) is 0 Å². The Kier molecular flexibility index (Phi) is 4.08. The minimum absolute atomic E-state index is 0.818. The van der Waals surface area contributed by atoms with Crippen LogP contribution in [0.25, 0.3) is 0 Å². The highest BCUT2D eigenvalue weighted by atomic mass is 15.3. The van der Waals surface area contributed by atoms with Gasteiger partial charge in [0.05, 0.1) is 0 Å². The minimum Gasteiger partial charge on any atom is -0.357 e. The molecule has 0 amide bonds. The van der Waals surface area contributed by atoms with Crippen LogP contribution in [-0.4, -0.2) is 37.0 Å². The SMILES string of the molecule is CCNC(=NCC1CC1)N1CCCC(C)C1. The molecule has 1 N–H and O–H groups in total. The van der Waals surface area contributed by atoms with Crippen LogP contribution < -0.4 is 5.32 Å². The number of nitrogens with one attached hydrogen (secondary N) is 1. The van der Waals surface area contributed by atoms with Crippen molar-refractivity contribution in [1.29, 1.82) is 0 Å². The highest BCUT2D eigenvalue weighted by Crippen LogP contribution is 2.29. The average Bonchev–Trinajstić information content (AvgIpc) is 3.08. The molecule has 0 bridgehead atoms. The molecule has 2 fully saturated rings. The molecule has 3 nitrogen and oxygen atoms in total. The van der Waals surface area contributed by atoms with E-state index in [4.69, 9.17) is 4.99 Å².